The molecule has 1 N–H and O–H groups in total. The lowest BCUT2D eigenvalue weighted by Gasteiger charge is -2.30. The van der Waals surface area contributed by atoms with Crippen molar-refractivity contribution in [2.75, 3.05) is 25.0 Å². The zero-order chi connectivity index (χ0) is 21.8. The maximum absolute atomic E-state index is 13.1. The van der Waals surface area contributed by atoms with Gasteiger partial charge in [0.05, 0.1) is 17.2 Å². The van der Waals surface area contributed by atoms with Crippen LogP contribution in [0.15, 0.2) is 47.4 Å². The first-order valence-electron chi connectivity index (χ1n) is 11.1. The lowest BCUT2D eigenvalue weighted by atomic mass is 9.97. The predicted molar refractivity (Wildman–Crippen MR) is 121 cm³/mol. The first kappa shape index (κ1) is 21.8. The number of rotatable bonds is 7. The minimum atomic E-state index is -3.53. The number of sulfonamides is 1. The third kappa shape index (κ3) is 4.77. The average Bonchev–Trinajstić information content (AvgIpc) is 3.26. The molecule has 7 heteroatoms. The Hall–Kier alpha value is -2.38. The van der Waals surface area contributed by atoms with Crippen LogP contribution in [-0.4, -0.2) is 38.3 Å². The van der Waals surface area contributed by atoms with E-state index in [4.69, 9.17) is 4.74 Å². The molecular weight excluding hydrogens is 412 g/mol. The Morgan fingerprint density at radius 1 is 1.10 bits per heavy atom. The average molecular weight is 443 g/mol. The van der Waals surface area contributed by atoms with E-state index >= 15 is 0 Å². The Bertz CT molecular complexity index is 1040. The van der Waals surface area contributed by atoms with Gasteiger partial charge in [0.2, 0.25) is 15.9 Å². The quantitative estimate of drug-likeness (QED) is 0.703. The van der Waals surface area contributed by atoms with Gasteiger partial charge in [-0.2, -0.15) is 4.31 Å². The van der Waals surface area contributed by atoms with Crippen molar-refractivity contribution in [3.63, 3.8) is 0 Å². The van der Waals surface area contributed by atoms with Gasteiger partial charge in [0.15, 0.2) is 0 Å². The van der Waals surface area contributed by atoms with Crippen LogP contribution >= 0.6 is 0 Å². The van der Waals surface area contributed by atoms with Crippen LogP contribution in [-0.2, 0) is 27.7 Å². The van der Waals surface area contributed by atoms with Crippen LogP contribution in [0.2, 0.25) is 0 Å². The molecule has 0 aromatic heterocycles. The molecular formula is C24H30N2O4S. The molecule has 6 nitrogen and oxygen atoms in total. The van der Waals surface area contributed by atoms with Crippen LogP contribution in [0.1, 0.15) is 43.7 Å². The smallest absolute Gasteiger partial charge is 0.243 e. The highest BCUT2D eigenvalue weighted by Crippen LogP contribution is 2.30. The summed E-state index contributed by atoms with van der Waals surface area (Å²) in [7, 11) is -3.53. The lowest BCUT2D eigenvalue weighted by molar-refractivity contribution is -0.120. The highest BCUT2D eigenvalue weighted by atomic mass is 32.2. The van der Waals surface area contributed by atoms with Gasteiger partial charge in [0, 0.05) is 19.0 Å². The first-order valence-corrected chi connectivity index (χ1v) is 12.6. The van der Waals surface area contributed by atoms with Crippen LogP contribution in [0.4, 0.5) is 5.69 Å². The summed E-state index contributed by atoms with van der Waals surface area (Å²) in [5.74, 6) is 0.363. The van der Waals surface area contributed by atoms with E-state index in [9.17, 15) is 13.2 Å². The van der Waals surface area contributed by atoms with Gasteiger partial charge in [-0.3, -0.25) is 4.79 Å². The second-order valence-electron chi connectivity index (χ2n) is 8.30. The van der Waals surface area contributed by atoms with E-state index in [2.05, 4.69) is 5.32 Å². The Morgan fingerprint density at radius 3 is 2.61 bits per heavy atom. The summed E-state index contributed by atoms with van der Waals surface area (Å²) in [6, 6.07) is 12.9. The summed E-state index contributed by atoms with van der Waals surface area (Å²) < 4.78 is 33.5. The fourth-order valence-corrected chi connectivity index (χ4v) is 5.88. The van der Waals surface area contributed by atoms with Gasteiger partial charge in [-0.25, -0.2) is 8.42 Å². The highest BCUT2D eigenvalue weighted by molar-refractivity contribution is 7.89. The number of benzene rings is 2. The monoisotopic (exact) mass is 442 g/mol. The van der Waals surface area contributed by atoms with E-state index in [1.807, 2.05) is 43.3 Å². The molecule has 4 rings (SSSR count). The molecule has 1 saturated heterocycles. The van der Waals surface area contributed by atoms with Crippen molar-refractivity contribution in [1.29, 1.82) is 0 Å². The number of nitrogens with zero attached hydrogens (tertiary/aromatic N) is 1. The number of fused-ring (bicyclic) bond motifs is 1. The number of para-hydroxylation sites is 2. The number of anilines is 1. The molecule has 1 aliphatic carbocycles. The summed E-state index contributed by atoms with van der Waals surface area (Å²) >= 11 is 0. The summed E-state index contributed by atoms with van der Waals surface area (Å²) in [4.78, 5) is 13.2. The first-order chi connectivity index (χ1) is 15.0. The number of carbonyl (C=O) groups excluding carboxylic acids is 1. The van der Waals surface area contributed by atoms with Crippen LogP contribution in [0.5, 0.6) is 5.75 Å². The molecule has 166 valence electrons. The maximum Gasteiger partial charge on any atom is 0.243 e. The molecule has 2 aromatic rings. The maximum atomic E-state index is 13.1. The zero-order valence-electron chi connectivity index (χ0n) is 18.0. The molecule has 1 fully saturated rings. The van der Waals surface area contributed by atoms with Crippen molar-refractivity contribution in [2.24, 2.45) is 5.92 Å². The predicted octanol–water partition coefficient (Wildman–Crippen LogP) is 4.00. The second-order valence-corrected chi connectivity index (χ2v) is 10.2. The van der Waals surface area contributed by atoms with Gasteiger partial charge >= 0.3 is 0 Å². The molecule has 1 amide bonds. The van der Waals surface area contributed by atoms with Gasteiger partial charge < -0.3 is 10.1 Å². The Kier molecular flexibility index (Phi) is 6.62. The normalized spacial score (nSPS) is 17.3. The molecule has 0 spiro atoms. The Balaban J connectivity index is 1.38. The molecule has 0 radical (unpaired) electrons. The molecule has 2 aromatic carbocycles. The van der Waals surface area contributed by atoms with Crippen LogP contribution in [0.25, 0.3) is 0 Å². The van der Waals surface area contributed by atoms with E-state index in [0.717, 1.165) is 31.2 Å². The Labute approximate surface area is 184 Å². The van der Waals surface area contributed by atoms with Gasteiger partial charge in [-0.05, 0) is 73.9 Å². The van der Waals surface area contributed by atoms with Gasteiger partial charge in [-0.15, -0.1) is 0 Å². The third-order valence-electron chi connectivity index (χ3n) is 6.14. The van der Waals surface area contributed by atoms with Crippen molar-refractivity contribution < 1.29 is 17.9 Å². The fourth-order valence-electron chi connectivity index (χ4n) is 4.36. The molecule has 31 heavy (non-hydrogen) atoms. The van der Waals surface area contributed by atoms with E-state index in [-0.39, 0.29) is 11.8 Å². The lowest BCUT2D eigenvalue weighted by Crippen LogP contribution is -2.41. The SMILES string of the molecule is CCCOc1ccccc1NC(=O)C1CCN(S(=O)(=O)c2ccc3c(c2)CCC3)CC1. The van der Waals surface area contributed by atoms with E-state index in [0.29, 0.717) is 48.9 Å². The molecule has 0 saturated carbocycles. The van der Waals surface area contributed by atoms with Crippen LogP contribution in [0, 0.1) is 5.92 Å². The number of ether oxygens (including phenoxy) is 1. The number of amides is 1. The summed E-state index contributed by atoms with van der Waals surface area (Å²) in [6.45, 7) is 3.33. The largest absolute Gasteiger partial charge is 0.491 e. The molecule has 0 bridgehead atoms. The topological polar surface area (TPSA) is 75.7 Å². The van der Waals surface area contributed by atoms with Gasteiger partial charge in [0.25, 0.3) is 0 Å². The number of carbonyl (C=O) groups is 1. The fraction of sp³-hybridized carbons (Fsp3) is 0.458. The second kappa shape index (κ2) is 9.40. The van der Waals surface area contributed by atoms with Crippen molar-refractivity contribution >= 4 is 21.6 Å². The van der Waals surface area contributed by atoms with Crippen molar-refractivity contribution in [1.82, 2.24) is 4.31 Å². The number of piperidine rings is 1. The van der Waals surface area contributed by atoms with Crippen molar-refractivity contribution in [2.45, 2.75) is 50.3 Å². The number of aryl methyl sites for hydroxylation is 2. The minimum Gasteiger partial charge on any atom is -0.491 e. The standard InChI is InChI=1S/C24H30N2O4S/c1-2-16-30-23-9-4-3-8-22(23)25-24(27)19-12-14-26(15-13-19)31(28,29)21-11-10-18-6-5-7-20(18)17-21/h3-4,8-11,17,19H,2,5-7,12-16H2,1H3,(H,25,27). The summed E-state index contributed by atoms with van der Waals surface area (Å²) in [6.07, 6.45) is 4.97. The van der Waals surface area contributed by atoms with E-state index in [1.165, 1.54) is 9.87 Å². The van der Waals surface area contributed by atoms with E-state index in [1.54, 1.807) is 6.07 Å². The number of hydrogen-bond donors (Lipinski definition) is 1. The van der Waals surface area contributed by atoms with Crippen LogP contribution in [0.3, 0.4) is 0 Å². The molecule has 0 atom stereocenters. The molecule has 1 heterocycles. The molecule has 0 unspecified atom stereocenters. The van der Waals surface area contributed by atoms with Crippen LogP contribution < -0.4 is 10.1 Å². The summed E-state index contributed by atoms with van der Waals surface area (Å²) in [5, 5.41) is 2.97. The van der Waals surface area contributed by atoms with Crippen molar-refractivity contribution in [3.8, 4) is 5.75 Å². The molecule has 1 aliphatic heterocycles. The van der Waals surface area contributed by atoms with Gasteiger partial charge in [-0.1, -0.05) is 25.1 Å². The molecule has 2 aliphatic rings. The number of nitrogens with one attached hydrogen (secondary N) is 1. The van der Waals surface area contributed by atoms with Gasteiger partial charge in [0.1, 0.15) is 5.75 Å². The minimum absolute atomic E-state index is 0.0814. The summed E-state index contributed by atoms with van der Waals surface area (Å²) in [5.41, 5.74) is 3.07. The number of hydrogen-bond acceptors (Lipinski definition) is 4. The highest BCUT2D eigenvalue weighted by Gasteiger charge is 2.32. The zero-order valence-corrected chi connectivity index (χ0v) is 18.8. The third-order valence-corrected chi connectivity index (χ3v) is 8.03. The van der Waals surface area contributed by atoms with E-state index < -0.39 is 10.0 Å². The Morgan fingerprint density at radius 2 is 1.84 bits per heavy atom. The van der Waals surface area contributed by atoms with Crippen molar-refractivity contribution in [3.05, 3.63) is 53.6 Å².